The minimum atomic E-state index is -0.699. The number of nitrogens with zero attached hydrogens (tertiary/aromatic N) is 1. The van der Waals surface area contributed by atoms with Crippen molar-refractivity contribution in [2.75, 3.05) is 6.54 Å². The van der Waals surface area contributed by atoms with E-state index in [0.717, 1.165) is 70.7 Å². The van der Waals surface area contributed by atoms with Crippen LogP contribution in [-0.4, -0.2) is 40.1 Å². The highest BCUT2D eigenvalue weighted by Gasteiger charge is 2.64. The summed E-state index contributed by atoms with van der Waals surface area (Å²) in [7, 11) is 0. The first kappa shape index (κ1) is 34.1. The molecule has 5 heteroatoms. The summed E-state index contributed by atoms with van der Waals surface area (Å²) in [5.41, 5.74) is 6.45. The SMILES string of the molecule is CC1=CCCC2(C)C(CCC23CN(Cc2cccc4ccccc24)C(=O)O3)c2ccc(cc2C(=O)c2ccccc2-c2ccccc2)CC(O)CC1. The molecule has 0 radical (unpaired) electrons. The molecule has 1 spiro atoms. The molecule has 5 nitrogen and oxygen atoms in total. The summed E-state index contributed by atoms with van der Waals surface area (Å²) < 4.78 is 6.64. The van der Waals surface area contributed by atoms with Crippen LogP contribution in [0.2, 0.25) is 0 Å². The maximum Gasteiger partial charge on any atom is 0.410 e. The first-order valence-electron chi connectivity index (χ1n) is 18.8. The minimum absolute atomic E-state index is 0.0158. The van der Waals surface area contributed by atoms with Gasteiger partial charge in [-0.3, -0.25) is 9.69 Å². The van der Waals surface area contributed by atoms with E-state index >= 15 is 0 Å². The molecule has 4 unspecified atom stereocenters. The number of amides is 1. The van der Waals surface area contributed by atoms with Gasteiger partial charge in [-0.2, -0.15) is 0 Å². The Morgan fingerprint density at radius 3 is 2.50 bits per heavy atom. The van der Waals surface area contributed by atoms with E-state index in [1.165, 1.54) is 5.57 Å². The molecule has 264 valence electrons. The van der Waals surface area contributed by atoms with Crippen LogP contribution in [0.15, 0.2) is 127 Å². The smallest absolute Gasteiger partial charge is 0.410 e. The number of hydrogen-bond acceptors (Lipinski definition) is 4. The van der Waals surface area contributed by atoms with E-state index in [-0.39, 0.29) is 17.8 Å². The van der Waals surface area contributed by atoms with Crippen molar-refractivity contribution in [3.05, 3.63) is 155 Å². The Balaban J connectivity index is 1.21. The minimum Gasteiger partial charge on any atom is -0.440 e. The third-order valence-corrected chi connectivity index (χ3v) is 12.4. The molecule has 1 aliphatic heterocycles. The molecule has 5 aromatic carbocycles. The molecule has 9 rings (SSSR count). The lowest BCUT2D eigenvalue weighted by Crippen LogP contribution is -2.48. The number of ketones is 1. The second kappa shape index (κ2) is 13.9. The van der Waals surface area contributed by atoms with Gasteiger partial charge in [-0.15, -0.1) is 0 Å². The van der Waals surface area contributed by atoms with Gasteiger partial charge in [0.1, 0.15) is 5.60 Å². The summed E-state index contributed by atoms with van der Waals surface area (Å²) in [4.78, 5) is 30.8. The third kappa shape index (κ3) is 6.15. The average Bonchev–Trinajstić information content (AvgIpc) is 3.63. The molecule has 1 amide bonds. The lowest BCUT2D eigenvalue weighted by molar-refractivity contribution is -0.0373. The van der Waals surface area contributed by atoms with Crippen LogP contribution in [-0.2, 0) is 17.7 Å². The zero-order chi connectivity index (χ0) is 35.9. The maximum absolute atomic E-state index is 15.0. The van der Waals surface area contributed by atoms with E-state index < -0.39 is 17.1 Å². The number of aliphatic hydroxyl groups is 1. The van der Waals surface area contributed by atoms with Crippen molar-refractivity contribution in [3.8, 4) is 11.1 Å². The molecule has 3 aliphatic carbocycles. The molecule has 4 atom stereocenters. The molecular formula is C47H47NO4. The summed E-state index contributed by atoms with van der Waals surface area (Å²) in [6.07, 6.45) is 6.67. The fourth-order valence-corrected chi connectivity index (χ4v) is 9.44. The highest BCUT2D eigenvalue weighted by molar-refractivity contribution is 6.14. The molecule has 2 bridgehead atoms. The quantitative estimate of drug-likeness (QED) is 0.147. The van der Waals surface area contributed by atoms with Crippen molar-refractivity contribution in [1.29, 1.82) is 0 Å². The zero-order valence-corrected chi connectivity index (χ0v) is 30.2. The Kier molecular flexibility index (Phi) is 9.09. The van der Waals surface area contributed by atoms with Gasteiger partial charge in [0.25, 0.3) is 0 Å². The van der Waals surface area contributed by atoms with Gasteiger partial charge in [0.2, 0.25) is 0 Å². The Labute approximate surface area is 307 Å². The van der Waals surface area contributed by atoms with E-state index in [1.807, 2.05) is 77.7 Å². The van der Waals surface area contributed by atoms with Crippen LogP contribution >= 0.6 is 0 Å². The summed E-state index contributed by atoms with van der Waals surface area (Å²) in [6, 6.07) is 38.8. The first-order valence-corrected chi connectivity index (χ1v) is 18.8. The van der Waals surface area contributed by atoms with Gasteiger partial charge < -0.3 is 9.84 Å². The van der Waals surface area contributed by atoms with Gasteiger partial charge in [-0.05, 0) is 102 Å². The molecule has 5 aromatic rings. The normalized spacial score (nSPS) is 24.8. The number of hydrogen-bond donors (Lipinski definition) is 1. The fraction of sp³-hybridized carbons (Fsp3) is 0.319. The monoisotopic (exact) mass is 689 g/mol. The number of fused-ring (bicyclic) bond motifs is 9. The van der Waals surface area contributed by atoms with Gasteiger partial charge in [0.05, 0.1) is 12.6 Å². The molecular weight excluding hydrogens is 643 g/mol. The number of benzene rings is 5. The van der Waals surface area contributed by atoms with Crippen molar-refractivity contribution in [3.63, 3.8) is 0 Å². The van der Waals surface area contributed by atoms with Crippen LogP contribution in [0.5, 0.6) is 0 Å². The molecule has 1 saturated heterocycles. The molecule has 1 N–H and O–H groups in total. The zero-order valence-electron chi connectivity index (χ0n) is 30.2. The number of aliphatic hydroxyl groups excluding tert-OH is 1. The van der Waals surface area contributed by atoms with Crippen molar-refractivity contribution in [2.45, 2.75) is 83.0 Å². The van der Waals surface area contributed by atoms with E-state index in [2.05, 4.69) is 62.4 Å². The molecule has 4 aliphatic rings. The maximum atomic E-state index is 15.0. The Morgan fingerprint density at radius 1 is 0.865 bits per heavy atom. The van der Waals surface area contributed by atoms with Crippen LogP contribution in [0.3, 0.4) is 0 Å². The van der Waals surface area contributed by atoms with Crippen molar-refractivity contribution < 1.29 is 19.4 Å². The van der Waals surface area contributed by atoms with E-state index in [9.17, 15) is 14.7 Å². The number of carbonyl (C=O) groups excluding carboxylic acids is 2. The summed E-state index contributed by atoms with van der Waals surface area (Å²) in [5, 5.41) is 13.4. The number of rotatable bonds is 5. The topological polar surface area (TPSA) is 66.8 Å². The molecule has 1 saturated carbocycles. The van der Waals surface area contributed by atoms with E-state index in [1.54, 1.807) is 0 Å². The number of allylic oxidation sites excluding steroid dienone is 2. The average molecular weight is 690 g/mol. The third-order valence-electron chi connectivity index (χ3n) is 12.4. The Morgan fingerprint density at radius 2 is 1.63 bits per heavy atom. The fourth-order valence-electron chi connectivity index (χ4n) is 9.44. The van der Waals surface area contributed by atoms with Crippen LogP contribution in [0.1, 0.15) is 90.9 Å². The van der Waals surface area contributed by atoms with Crippen LogP contribution in [0.4, 0.5) is 4.79 Å². The summed E-state index contributed by atoms with van der Waals surface area (Å²) >= 11 is 0. The Bertz CT molecular complexity index is 2170. The standard InChI is InChI=1S/C47H47NO4/c1-32-12-11-26-46(2)43(25-27-47(46)31-48(45(51)52-47)30-36-17-10-16-34-15-6-7-18-38(34)36)40-24-22-33(28-37(49)23-21-32)29-42(40)44(50)41-20-9-8-19-39(41)35-13-4-3-5-14-35/h3-10,12-20,22,24,29,37,43,49H,11,21,23,25-28,30-31H2,1-2H3. The Hall–Kier alpha value is -5.00. The predicted molar refractivity (Wildman–Crippen MR) is 207 cm³/mol. The first-order chi connectivity index (χ1) is 25.2. The predicted octanol–water partition coefficient (Wildman–Crippen LogP) is 10.4. The highest BCUT2D eigenvalue weighted by atomic mass is 16.6. The second-order valence-electron chi connectivity index (χ2n) is 15.5. The number of carbonyl (C=O) groups is 2. The molecule has 1 heterocycles. The van der Waals surface area contributed by atoms with Gasteiger partial charge in [0, 0.05) is 23.1 Å². The second-order valence-corrected chi connectivity index (χ2v) is 15.5. The molecule has 2 fully saturated rings. The lowest BCUT2D eigenvalue weighted by atomic mass is 9.64. The highest BCUT2D eigenvalue weighted by Crippen LogP contribution is 2.62. The van der Waals surface area contributed by atoms with Gasteiger partial charge in [-0.1, -0.05) is 128 Å². The van der Waals surface area contributed by atoms with Crippen LogP contribution < -0.4 is 0 Å². The van der Waals surface area contributed by atoms with Gasteiger partial charge in [-0.25, -0.2) is 4.79 Å². The van der Waals surface area contributed by atoms with Gasteiger partial charge in [0.15, 0.2) is 5.78 Å². The number of ether oxygens (including phenoxy) is 1. The lowest BCUT2D eigenvalue weighted by Gasteiger charge is -2.43. The van der Waals surface area contributed by atoms with Crippen LogP contribution in [0, 0.1) is 5.41 Å². The summed E-state index contributed by atoms with van der Waals surface area (Å²) in [5.74, 6) is -0.0332. The van der Waals surface area contributed by atoms with Crippen molar-refractivity contribution in [1.82, 2.24) is 4.90 Å². The van der Waals surface area contributed by atoms with E-state index in [4.69, 9.17) is 4.74 Å². The van der Waals surface area contributed by atoms with Gasteiger partial charge >= 0.3 is 6.09 Å². The summed E-state index contributed by atoms with van der Waals surface area (Å²) in [6.45, 7) is 5.45. The molecule has 52 heavy (non-hydrogen) atoms. The van der Waals surface area contributed by atoms with Crippen molar-refractivity contribution in [2.24, 2.45) is 5.41 Å². The van der Waals surface area contributed by atoms with Crippen LogP contribution in [0.25, 0.3) is 21.9 Å². The van der Waals surface area contributed by atoms with E-state index in [0.29, 0.717) is 37.1 Å². The largest absolute Gasteiger partial charge is 0.440 e. The molecule has 0 aromatic heterocycles. The van der Waals surface area contributed by atoms with Crippen molar-refractivity contribution >= 4 is 22.6 Å².